The van der Waals surface area contributed by atoms with E-state index < -0.39 is 4.92 Å². The molecule has 0 radical (unpaired) electrons. The molecule has 0 atom stereocenters. The Kier molecular flexibility index (Phi) is 5.15. The first-order valence-corrected chi connectivity index (χ1v) is 7.25. The molecule has 1 saturated heterocycles. The SMILES string of the molecule is O=[N+]([O-])c1ccc(Br)c(OCCN2CCCCC2)c1. The van der Waals surface area contributed by atoms with Crippen LogP contribution in [0.15, 0.2) is 22.7 Å². The fourth-order valence-corrected chi connectivity index (χ4v) is 2.55. The first-order valence-electron chi connectivity index (χ1n) is 6.46. The molecule has 104 valence electrons. The molecule has 1 aromatic rings. The second-order valence-corrected chi connectivity index (χ2v) is 5.48. The smallest absolute Gasteiger partial charge is 0.273 e. The van der Waals surface area contributed by atoms with Gasteiger partial charge in [0.15, 0.2) is 0 Å². The van der Waals surface area contributed by atoms with Gasteiger partial charge in [-0.3, -0.25) is 15.0 Å². The quantitative estimate of drug-likeness (QED) is 0.615. The minimum absolute atomic E-state index is 0.0520. The second kappa shape index (κ2) is 6.86. The molecule has 0 aromatic heterocycles. The van der Waals surface area contributed by atoms with Gasteiger partial charge in [-0.05, 0) is 47.9 Å². The molecule has 0 amide bonds. The lowest BCUT2D eigenvalue weighted by molar-refractivity contribution is -0.385. The Morgan fingerprint density at radius 3 is 2.74 bits per heavy atom. The van der Waals surface area contributed by atoms with Crippen LogP contribution in [-0.4, -0.2) is 36.1 Å². The Bertz CT molecular complexity index is 448. The molecule has 0 unspecified atom stereocenters. The Morgan fingerprint density at radius 1 is 1.32 bits per heavy atom. The number of ether oxygens (including phenoxy) is 1. The van der Waals surface area contributed by atoms with Gasteiger partial charge in [0.25, 0.3) is 5.69 Å². The van der Waals surface area contributed by atoms with Crippen LogP contribution in [0.3, 0.4) is 0 Å². The summed E-state index contributed by atoms with van der Waals surface area (Å²) >= 11 is 3.34. The Hall–Kier alpha value is -1.14. The maximum absolute atomic E-state index is 10.7. The van der Waals surface area contributed by atoms with Crippen molar-refractivity contribution in [2.45, 2.75) is 19.3 Å². The summed E-state index contributed by atoms with van der Waals surface area (Å²) < 4.78 is 6.38. The normalized spacial score (nSPS) is 16.3. The zero-order valence-corrected chi connectivity index (χ0v) is 12.3. The van der Waals surface area contributed by atoms with Gasteiger partial charge in [-0.25, -0.2) is 0 Å². The van der Waals surface area contributed by atoms with Gasteiger partial charge in [-0.15, -0.1) is 0 Å². The van der Waals surface area contributed by atoms with Gasteiger partial charge in [0.05, 0.1) is 15.5 Å². The maximum atomic E-state index is 10.7. The van der Waals surface area contributed by atoms with E-state index in [2.05, 4.69) is 20.8 Å². The van der Waals surface area contributed by atoms with Crippen LogP contribution in [0.25, 0.3) is 0 Å². The number of nitro groups is 1. The molecule has 1 aliphatic rings. The Balaban J connectivity index is 1.87. The fourth-order valence-electron chi connectivity index (χ4n) is 2.18. The molecule has 5 nitrogen and oxygen atoms in total. The average Bonchev–Trinajstić information content (AvgIpc) is 2.42. The molecular weight excluding hydrogens is 312 g/mol. The highest BCUT2D eigenvalue weighted by atomic mass is 79.9. The lowest BCUT2D eigenvalue weighted by Gasteiger charge is -2.26. The number of nitro benzene ring substituents is 1. The summed E-state index contributed by atoms with van der Waals surface area (Å²) in [5.41, 5.74) is 0.0520. The number of hydrogen-bond acceptors (Lipinski definition) is 4. The largest absolute Gasteiger partial charge is 0.491 e. The molecule has 2 rings (SSSR count). The lowest BCUT2D eigenvalue weighted by Crippen LogP contribution is -2.33. The molecule has 1 aromatic carbocycles. The maximum Gasteiger partial charge on any atom is 0.273 e. The van der Waals surface area contributed by atoms with Crippen molar-refractivity contribution < 1.29 is 9.66 Å². The van der Waals surface area contributed by atoms with Crippen LogP contribution in [-0.2, 0) is 0 Å². The second-order valence-electron chi connectivity index (χ2n) is 4.62. The third-order valence-electron chi connectivity index (χ3n) is 3.24. The van der Waals surface area contributed by atoms with Crippen molar-refractivity contribution in [3.8, 4) is 5.75 Å². The molecule has 1 fully saturated rings. The summed E-state index contributed by atoms with van der Waals surface area (Å²) in [5, 5.41) is 10.7. The number of likely N-dealkylation sites (tertiary alicyclic amines) is 1. The van der Waals surface area contributed by atoms with E-state index in [1.165, 1.54) is 31.4 Å². The number of non-ortho nitro benzene ring substituents is 1. The molecule has 0 saturated carbocycles. The van der Waals surface area contributed by atoms with E-state index in [9.17, 15) is 10.1 Å². The van der Waals surface area contributed by atoms with Crippen molar-refractivity contribution in [3.63, 3.8) is 0 Å². The summed E-state index contributed by atoms with van der Waals surface area (Å²) in [6, 6.07) is 4.57. The molecule has 0 bridgehead atoms. The molecule has 0 aliphatic carbocycles. The van der Waals surface area contributed by atoms with Crippen molar-refractivity contribution in [1.29, 1.82) is 0 Å². The molecular formula is C13H17BrN2O3. The number of benzene rings is 1. The van der Waals surface area contributed by atoms with Crippen LogP contribution in [0.4, 0.5) is 5.69 Å². The van der Waals surface area contributed by atoms with E-state index in [1.54, 1.807) is 6.07 Å². The third kappa shape index (κ3) is 4.18. The van der Waals surface area contributed by atoms with Crippen LogP contribution in [0.2, 0.25) is 0 Å². The number of halogens is 1. The van der Waals surface area contributed by atoms with Crippen LogP contribution in [0.1, 0.15) is 19.3 Å². The van der Waals surface area contributed by atoms with Gasteiger partial charge in [-0.2, -0.15) is 0 Å². The standard InChI is InChI=1S/C13H17BrN2O3/c14-12-5-4-11(16(17)18)10-13(12)19-9-8-15-6-2-1-3-7-15/h4-5,10H,1-3,6-9H2. The van der Waals surface area contributed by atoms with Gasteiger partial charge >= 0.3 is 0 Å². The van der Waals surface area contributed by atoms with E-state index in [-0.39, 0.29) is 5.69 Å². The molecule has 19 heavy (non-hydrogen) atoms. The number of hydrogen-bond donors (Lipinski definition) is 0. The predicted molar refractivity (Wildman–Crippen MR) is 76.6 cm³/mol. The van der Waals surface area contributed by atoms with Crippen LogP contribution in [0, 0.1) is 10.1 Å². The van der Waals surface area contributed by atoms with Gasteiger partial charge in [0.2, 0.25) is 0 Å². The minimum atomic E-state index is -0.413. The van der Waals surface area contributed by atoms with Crippen LogP contribution < -0.4 is 4.74 Å². The molecule has 0 N–H and O–H groups in total. The summed E-state index contributed by atoms with van der Waals surface area (Å²) in [5.74, 6) is 0.534. The van der Waals surface area contributed by atoms with Gasteiger partial charge in [-0.1, -0.05) is 6.42 Å². The Labute approximate surface area is 120 Å². The highest BCUT2D eigenvalue weighted by Crippen LogP contribution is 2.29. The fraction of sp³-hybridized carbons (Fsp3) is 0.538. The zero-order chi connectivity index (χ0) is 13.7. The lowest BCUT2D eigenvalue weighted by atomic mass is 10.1. The average molecular weight is 329 g/mol. The minimum Gasteiger partial charge on any atom is -0.491 e. The first-order chi connectivity index (χ1) is 9.16. The van der Waals surface area contributed by atoms with Crippen molar-refractivity contribution in [2.75, 3.05) is 26.2 Å². The van der Waals surface area contributed by atoms with E-state index in [0.29, 0.717) is 12.4 Å². The summed E-state index contributed by atoms with van der Waals surface area (Å²) in [6.07, 6.45) is 3.81. The number of rotatable bonds is 5. The van der Waals surface area contributed by atoms with Gasteiger partial charge in [0, 0.05) is 12.6 Å². The van der Waals surface area contributed by atoms with E-state index in [4.69, 9.17) is 4.74 Å². The Morgan fingerprint density at radius 2 is 2.05 bits per heavy atom. The highest BCUT2D eigenvalue weighted by molar-refractivity contribution is 9.10. The summed E-state index contributed by atoms with van der Waals surface area (Å²) in [4.78, 5) is 12.7. The predicted octanol–water partition coefficient (Wildman–Crippen LogP) is 3.22. The van der Waals surface area contributed by atoms with Crippen molar-refractivity contribution >= 4 is 21.6 Å². The topological polar surface area (TPSA) is 55.6 Å². The van der Waals surface area contributed by atoms with Crippen molar-refractivity contribution in [3.05, 3.63) is 32.8 Å². The summed E-state index contributed by atoms with van der Waals surface area (Å²) in [7, 11) is 0. The summed E-state index contributed by atoms with van der Waals surface area (Å²) in [6.45, 7) is 3.67. The van der Waals surface area contributed by atoms with Gasteiger partial charge in [0.1, 0.15) is 12.4 Å². The molecule has 1 heterocycles. The van der Waals surface area contributed by atoms with E-state index in [0.717, 1.165) is 24.1 Å². The monoisotopic (exact) mass is 328 g/mol. The van der Waals surface area contributed by atoms with Crippen LogP contribution >= 0.6 is 15.9 Å². The number of piperidine rings is 1. The van der Waals surface area contributed by atoms with E-state index >= 15 is 0 Å². The van der Waals surface area contributed by atoms with Gasteiger partial charge < -0.3 is 4.74 Å². The van der Waals surface area contributed by atoms with Crippen molar-refractivity contribution in [1.82, 2.24) is 4.90 Å². The molecule has 6 heteroatoms. The number of nitrogens with zero attached hydrogens (tertiary/aromatic N) is 2. The van der Waals surface area contributed by atoms with Crippen molar-refractivity contribution in [2.24, 2.45) is 0 Å². The molecule has 1 aliphatic heterocycles. The highest BCUT2D eigenvalue weighted by Gasteiger charge is 2.12. The van der Waals surface area contributed by atoms with Crippen LogP contribution in [0.5, 0.6) is 5.75 Å². The van der Waals surface area contributed by atoms with E-state index in [1.807, 2.05) is 0 Å². The first kappa shape index (κ1) is 14.3. The zero-order valence-electron chi connectivity index (χ0n) is 10.7. The third-order valence-corrected chi connectivity index (χ3v) is 3.89. The molecule has 0 spiro atoms.